The van der Waals surface area contributed by atoms with Gasteiger partial charge in [0.1, 0.15) is 23.1 Å². The lowest BCUT2D eigenvalue weighted by Crippen LogP contribution is -2.13. The number of anilines is 1. The van der Waals surface area contributed by atoms with E-state index in [0.29, 0.717) is 30.3 Å². The summed E-state index contributed by atoms with van der Waals surface area (Å²) >= 11 is 0. The second-order valence-corrected chi connectivity index (χ2v) is 8.27. The molecule has 1 aromatic heterocycles. The van der Waals surface area contributed by atoms with Crippen molar-refractivity contribution in [1.82, 2.24) is 4.98 Å². The highest BCUT2D eigenvalue weighted by atomic mass is 16.5. The summed E-state index contributed by atoms with van der Waals surface area (Å²) in [5, 5.41) is 12.2. The number of nitrogens with one attached hydrogen (secondary N) is 1. The SMILES string of the molecule is Cc1cc(Oc2ncccc2C#N)ccc1NC(=O)CCc1cccc(OC2CCCC2)c1. The molecule has 2 aromatic carbocycles. The van der Waals surface area contributed by atoms with Crippen molar-refractivity contribution in [3.63, 3.8) is 0 Å². The number of carbonyl (C=O) groups excluding carboxylic acids is 1. The number of aryl methyl sites for hydroxylation is 2. The number of carbonyl (C=O) groups is 1. The van der Waals surface area contributed by atoms with Crippen molar-refractivity contribution in [3.05, 3.63) is 77.5 Å². The largest absolute Gasteiger partial charge is 0.490 e. The Morgan fingerprint density at radius 3 is 2.76 bits per heavy atom. The van der Waals surface area contributed by atoms with Gasteiger partial charge in [0.25, 0.3) is 0 Å². The Hall–Kier alpha value is -3.85. The molecule has 1 fully saturated rings. The maximum atomic E-state index is 12.5. The molecule has 0 radical (unpaired) electrons. The summed E-state index contributed by atoms with van der Waals surface area (Å²) in [5.74, 6) is 1.65. The number of nitriles is 1. The van der Waals surface area contributed by atoms with Crippen molar-refractivity contribution < 1.29 is 14.3 Å². The fourth-order valence-electron chi connectivity index (χ4n) is 3.95. The standard InChI is InChI=1S/C27H27N3O3/c1-19-16-24(33-27-21(18-28)7-5-15-29-27)12-13-25(19)30-26(31)14-11-20-6-4-10-23(17-20)32-22-8-2-3-9-22/h4-7,10,12-13,15-17,22H,2-3,8-9,11,14H2,1H3,(H,30,31). The van der Waals surface area contributed by atoms with Gasteiger partial charge in [0, 0.05) is 18.3 Å². The van der Waals surface area contributed by atoms with E-state index in [2.05, 4.69) is 16.4 Å². The number of pyridine rings is 1. The van der Waals surface area contributed by atoms with Gasteiger partial charge in [0.05, 0.1) is 6.10 Å². The molecular weight excluding hydrogens is 414 g/mol. The number of benzene rings is 2. The number of aromatic nitrogens is 1. The van der Waals surface area contributed by atoms with E-state index in [1.807, 2.05) is 37.3 Å². The van der Waals surface area contributed by atoms with Crippen LogP contribution >= 0.6 is 0 Å². The third kappa shape index (κ3) is 6.11. The van der Waals surface area contributed by atoms with Crippen LogP contribution in [0.4, 0.5) is 5.69 Å². The van der Waals surface area contributed by atoms with E-state index < -0.39 is 0 Å². The Bertz CT molecular complexity index is 1160. The molecule has 1 aliphatic rings. The molecule has 0 unspecified atom stereocenters. The molecule has 4 rings (SSSR count). The van der Waals surface area contributed by atoms with Gasteiger partial charge < -0.3 is 14.8 Å². The fraction of sp³-hybridized carbons (Fsp3) is 0.296. The third-order valence-corrected chi connectivity index (χ3v) is 5.72. The average Bonchev–Trinajstić information content (AvgIpc) is 3.33. The maximum absolute atomic E-state index is 12.5. The van der Waals surface area contributed by atoms with E-state index in [0.717, 1.165) is 35.4 Å². The second-order valence-electron chi connectivity index (χ2n) is 8.27. The first-order chi connectivity index (χ1) is 16.1. The van der Waals surface area contributed by atoms with Crippen molar-refractivity contribution in [2.24, 2.45) is 0 Å². The van der Waals surface area contributed by atoms with Crippen LogP contribution in [0.25, 0.3) is 0 Å². The highest BCUT2D eigenvalue weighted by Gasteiger charge is 2.16. The Kier molecular flexibility index (Phi) is 7.21. The number of hydrogen-bond acceptors (Lipinski definition) is 5. The van der Waals surface area contributed by atoms with Crippen LogP contribution in [0.5, 0.6) is 17.4 Å². The van der Waals surface area contributed by atoms with Gasteiger partial charge in [-0.3, -0.25) is 4.79 Å². The predicted octanol–water partition coefficient (Wildman–Crippen LogP) is 5.95. The Labute approximate surface area is 194 Å². The molecule has 168 valence electrons. The molecule has 0 spiro atoms. The number of ether oxygens (including phenoxy) is 2. The van der Waals surface area contributed by atoms with Crippen molar-refractivity contribution in [2.75, 3.05) is 5.32 Å². The van der Waals surface area contributed by atoms with Gasteiger partial charge in [-0.25, -0.2) is 4.98 Å². The molecule has 1 aliphatic carbocycles. The van der Waals surface area contributed by atoms with E-state index in [1.165, 1.54) is 12.8 Å². The average molecular weight is 442 g/mol. The molecular formula is C27H27N3O3. The highest BCUT2D eigenvalue weighted by Crippen LogP contribution is 2.27. The lowest BCUT2D eigenvalue weighted by Gasteiger charge is -2.14. The second kappa shape index (κ2) is 10.6. The minimum absolute atomic E-state index is 0.0506. The van der Waals surface area contributed by atoms with E-state index in [1.54, 1.807) is 30.5 Å². The number of hydrogen-bond donors (Lipinski definition) is 1. The molecule has 0 atom stereocenters. The van der Waals surface area contributed by atoms with Crippen LogP contribution in [0.2, 0.25) is 0 Å². The van der Waals surface area contributed by atoms with Gasteiger partial charge in [-0.15, -0.1) is 0 Å². The molecule has 3 aromatic rings. The van der Waals surface area contributed by atoms with E-state index in [9.17, 15) is 10.1 Å². The van der Waals surface area contributed by atoms with Crippen LogP contribution in [0.15, 0.2) is 60.8 Å². The van der Waals surface area contributed by atoms with Gasteiger partial charge in [-0.2, -0.15) is 5.26 Å². The van der Waals surface area contributed by atoms with Gasteiger partial charge in [0.15, 0.2) is 0 Å². The van der Waals surface area contributed by atoms with Crippen molar-refractivity contribution in [2.45, 2.75) is 51.6 Å². The summed E-state index contributed by atoms with van der Waals surface area (Å²) in [6.07, 6.45) is 7.64. The summed E-state index contributed by atoms with van der Waals surface area (Å²) in [5.41, 5.74) is 3.05. The predicted molar refractivity (Wildman–Crippen MR) is 126 cm³/mol. The number of nitrogens with zero attached hydrogens (tertiary/aromatic N) is 2. The molecule has 1 saturated carbocycles. The van der Waals surface area contributed by atoms with Crippen LogP contribution in [0.3, 0.4) is 0 Å². The van der Waals surface area contributed by atoms with Crippen molar-refractivity contribution >= 4 is 11.6 Å². The van der Waals surface area contributed by atoms with Gasteiger partial charge in [0.2, 0.25) is 11.8 Å². The summed E-state index contributed by atoms with van der Waals surface area (Å²) < 4.78 is 11.8. The highest BCUT2D eigenvalue weighted by molar-refractivity contribution is 5.91. The molecule has 0 bridgehead atoms. The summed E-state index contributed by atoms with van der Waals surface area (Å²) in [4.78, 5) is 16.7. The first-order valence-electron chi connectivity index (χ1n) is 11.3. The van der Waals surface area contributed by atoms with E-state index >= 15 is 0 Å². The minimum Gasteiger partial charge on any atom is -0.490 e. The zero-order chi connectivity index (χ0) is 23.0. The van der Waals surface area contributed by atoms with Crippen molar-refractivity contribution in [1.29, 1.82) is 5.26 Å². The zero-order valence-corrected chi connectivity index (χ0v) is 18.7. The number of rotatable bonds is 8. The molecule has 1 N–H and O–H groups in total. The quantitative estimate of drug-likeness (QED) is 0.467. The van der Waals surface area contributed by atoms with Crippen LogP contribution in [-0.2, 0) is 11.2 Å². The molecule has 1 heterocycles. The van der Waals surface area contributed by atoms with Gasteiger partial charge in [-0.05, 0) is 92.6 Å². The molecule has 6 heteroatoms. The topological polar surface area (TPSA) is 84.2 Å². The minimum atomic E-state index is -0.0506. The Balaban J connectivity index is 1.32. The maximum Gasteiger partial charge on any atom is 0.237 e. The first kappa shape index (κ1) is 22.3. The zero-order valence-electron chi connectivity index (χ0n) is 18.7. The van der Waals surface area contributed by atoms with Gasteiger partial charge in [-0.1, -0.05) is 12.1 Å². The lowest BCUT2D eigenvalue weighted by molar-refractivity contribution is -0.116. The van der Waals surface area contributed by atoms with Crippen molar-refractivity contribution in [3.8, 4) is 23.4 Å². The first-order valence-corrected chi connectivity index (χ1v) is 11.3. The summed E-state index contributed by atoms with van der Waals surface area (Å²) in [6, 6.07) is 18.8. The third-order valence-electron chi connectivity index (χ3n) is 5.72. The molecule has 1 amide bonds. The van der Waals surface area contributed by atoms with Crippen LogP contribution in [-0.4, -0.2) is 17.0 Å². The van der Waals surface area contributed by atoms with E-state index in [4.69, 9.17) is 9.47 Å². The fourth-order valence-corrected chi connectivity index (χ4v) is 3.95. The van der Waals surface area contributed by atoms with Crippen LogP contribution in [0, 0.1) is 18.3 Å². The Morgan fingerprint density at radius 2 is 1.97 bits per heavy atom. The molecule has 6 nitrogen and oxygen atoms in total. The lowest BCUT2D eigenvalue weighted by atomic mass is 10.1. The normalized spacial score (nSPS) is 13.3. The smallest absolute Gasteiger partial charge is 0.237 e. The Morgan fingerprint density at radius 1 is 1.12 bits per heavy atom. The van der Waals surface area contributed by atoms with Crippen LogP contribution < -0.4 is 14.8 Å². The molecule has 0 saturated heterocycles. The summed E-state index contributed by atoms with van der Waals surface area (Å²) in [7, 11) is 0. The van der Waals surface area contributed by atoms with Gasteiger partial charge >= 0.3 is 0 Å². The summed E-state index contributed by atoms with van der Waals surface area (Å²) in [6.45, 7) is 1.90. The molecule has 33 heavy (non-hydrogen) atoms. The number of amides is 1. The molecule has 0 aliphatic heterocycles. The van der Waals surface area contributed by atoms with Crippen LogP contribution in [0.1, 0.15) is 48.8 Å². The monoisotopic (exact) mass is 441 g/mol. The van der Waals surface area contributed by atoms with E-state index in [-0.39, 0.29) is 11.8 Å².